The molecule has 2 aliphatic rings. The summed E-state index contributed by atoms with van der Waals surface area (Å²) in [6, 6.07) is 3.81. The number of hydrogen-bond donors (Lipinski definition) is 0. The van der Waals surface area contributed by atoms with E-state index in [1.165, 1.54) is 6.42 Å². The molecule has 2 fully saturated rings. The molecule has 4 heterocycles. The number of hydrogen-bond acceptors (Lipinski definition) is 4. The molecule has 6 nitrogen and oxygen atoms in total. The van der Waals surface area contributed by atoms with Gasteiger partial charge in [0.25, 0.3) is 0 Å². The van der Waals surface area contributed by atoms with Gasteiger partial charge in [-0.2, -0.15) is 0 Å². The number of carbonyl (C=O) groups excluding carboxylic acids is 1. The second-order valence-corrected chi connectivity index (χ2v) is 7.78. The second kappa shape index (κ2) is 7.94. The minimum atomic E-state index is 0.301. The van der Waals surface area contributed by atoms with Crippen LogP contribution in [0.15, 0.2) is 24.5 Å². The summed E-state index contributed by atoms with van der Waals surface area (Å²) in [6.45, 7) is 7.13. The van der Waals surface area contributed by atoms with Crippen molar-refractivity contribution in [1.82, 2.24) is 24.1 Å². The Morgan fingerprint density at radius 1 is 0.962 bits per heavy atom. The molecule has 0 N–H and O–H groups in total. The van der Waals surface area contributed by atoms with E-state index < -0.39 is 0 Å². The topological polar surface area (TPSA) is 44.1 Å². The molecular weight excluding hydrogens is 350 g/mol. The molecule has 2 saturated heterocycles. The Bertz CT molecular complexity index is 762. The Balaban J connectivity index is 1.27. The highest BCUT2D eigenvalue weighted by Crippen LogP contribution is 2.14. The van der Waals surface area contributed by atoms with Gasteiger partial charge in [-0.25, -0.2) is 4.98 Å². The van der Waals surface area contributed by atoms with Gasteiger partial charge in [-0.05, 0) is 31.4 Å². The summed E-state index contributed by atoms with van der Waals surface area (Å²) in [5.74, 6) is 0.301. The fourth-order valence-corrected chi connectivity index (χ4v) is 4.03. The summed E-state index contributed by atoms with van der Waals surface area (Å²) < 4.78 is 1.98. The third-order valence-corrected chi connectivity index (χ3v) is 5.61. The van der Waals surface area contributed by atoms with Crippen molar-refractivity contribution < 1.29 is 4.79 Å². The summed E-state index contributed by atoms with van der Waals surface area (Å²) in [7, 11) is 0. The molecule has 0 bridgehead atoms. The first-order valence-corrected chi connectivity index (χ1v) is 9.91. The van der Waals surface area contributed by atoms with Gasteiger partial charge < -0.3 is 9.30 Å². The van der Waals surface area contributed by atoms with Crippen molar-refractivity contribution in [2.75, 3.05) is 45.8 Å². The van der Waals surface area contributed by atoms with Gasteiger partial charge in [0.05, 0.1) is 17.3 Å². The number of amides is 1. The zero-order valence-corrected chi connectivity index (χ0v) is 15.9. The van der Waals surface area contributed by atoms with E-state index in [1.54, 1.807) is 0 Å². The van der Waals surface area contributed by atoms with Gasteiger partial charge in [0.1, 0.15) is 5.65 Å². The predicted octanol–water partition coefficient (Wildman–Crippen LogP) is 2.12. The summed E-state index contributed by atoms with van der Waals surface area (Å²) in [5, 5.41) is 0.716. The molecular formula is C19H26ClN5O. The summed E-state index contributed by atoms with van der Waals surface area (Å²) in [6.07, 6.45) is 7.51. The van der Waals surface area contributed by atoms with E-state index in [0.717, 1.165) is 70.0 Å². The van der Waals surface area contributed by atoms with E-state index in [4.69, 9.17) is 11.6 Å². The standard InChI is InChI=1S/C19H26ClN5O/c20-16-4-5-18-21-17(14-25(18)12-16)13-22-8-10-23(11-9-22)15-19(26)24-6-2-1-3-7-24/h4-5,12,14H,1-3,6-11,13,15H2. The monoisotopic (exact) mass is 375 g/mol. The number of carbonyl (C=O) groups is 1. The van der Waals surface area contributed by atoms with Crippen LogP contribution in [0.3, 0.4) is 0 Å². The predicted molar refractivity (Wildman–Crippen MR) is 102 cm³/mol. The normalized spacial score (nSPS) is 20.0. The minimum Gasteiger partial charge on any atom is -0.342 e. The Hall–Kier alpha value is -1.63. The number of fused-ring (bicyclic) bond motifs is 1. The highest BCUT2D eigenvalue weighted by atomic mass is 35.5. The number of piperazine rings is 1. The zero-order valence-electron chi connectivity index (χ0n) is 15.1. The number of halogens is 1. The molecule has 2 aromatic heterocycles. The smallest absolute Gasteiger partial charge is 0.236 e. The number of piperidine rings is 1. The maximum absolute atomic E-state index is 12.4. The fraction of sp³-hybridized carbons (Fsp3) is 0.579. The maximum Gasteiger partial charge on any atom is 0.236 e. The van der Waals surface area contributed by atoms with Crippen LogP contribution in [0, 0.1) is 0 Å². The van der Waals surface area contributed by atoms with Crippen LogP contribution >= 0.6 is 11.6 Å². The molecule has 0 saturated carbocycles. The molecule has 0 aromatic carbocycles. The molecule has 0 spiro atoms. The van der Waals surface area contributed by atoms with Crippen molar-refractivity contribution in [3.63, 3.8) is 0 Å². The summed E-state index contributed by atoms with van der Waals surface area (Å²) in [4.78, 5) is 23.8. The lowest BCUT2D eigenvalue weighted by Gasteiger charge is -2.35. The van der Waals surface area contributed by atoms with Gasteiger partial charge in [0.2, 0.25) is 5.91 Å². The van der Waals surface area contributed by atoms with E-state index in [2.05, 4.69) is 14.8 Å². The largest absolute Gasteiger partial charge is 0.342 e. The van der Waals surface area contributed by atoms with Crippen LogP contribution in [0.4, 0.5) is 0 Å². The van der Waals surface area contributed by atoms with Crippen LogP contribution in [0.1, 0.15) is 25.0 Å². The molecule has 0 aliphatic carbocycles. The zero-order chi connectivity index (χ0) is 17.9. The molecule has 0 atom stereocenters. The van der Waals surface area contributed by atoms with Crippen LogP contribution in [0.2, 0.25) is 5.02 Å². The average Bonchev–Trinajstić information content (AvgIpc) is 3.05. The molecule has 0 unspecified atom stereocenters. The third kappa shape index (κ3) is 4.19. The first-order valence-electron chi connectivity index (χ1n) is 9.53. The van der Waals surface area contributed by atoms with Gasteiger partial charge in [-0.3, -0.25) is 14.6 Å². The van der Waals surface area contributed by atoms with Crippen molar-refractivity contribution in [1.29, 1.82) is 0 Å². The Labute approximate surface area is 159 Å². The Morgan fingerprint density at radius 3 is 2.46 bits per heavy atom. The van der Waals surface area contributed by atoms with Crippen LogP contribution in [0.5, 0.6) is 0 Å². The number of rotatable bonds is 4. The molecule has 2 aliphatic heterocycles. The van der Waals surface area contributed by atoms with Crippen molar-refractivity contribution in [2.45, 2.75) is 25.8 Å². The lowest BCUT2D eigenvalue weighted by Crippen LogP contribution is -2.50. The number of aromatic nitrogens is 2. The van der Waals surface area contributed by atoms with Crippen LogP contribution in [0.25, 0.3) is 5.65 Å². The second-order valence-electron chi connectivity index (χ2n) is 7.34. The number of imidazole rings is 1. The molecule has 140 valence electrons. The summed E-state index contributed by atoms with van der Waals surface area (Å²) >= 11 is 6.04. The lowest BCUT2D eigenvalue weighted by atomic mass is 10.1. The van der Waals surface area contributed by atoms with E-state index in [-0.39, 0.29) is 0 Å². The van der Waals surface area contributed by atoms with E-state index in [0.29, 0.717) is 17.5 Å². The van der Waals surface area contributed by atoms with Crippen LogP contribution < -0.4 is 0 Å². The summed E-state index contributed by atoms with van der Waals surface area (Å²) in [5.41, 5.74) is 1.99. The van der Waals surface area contributed by atoms with Gasteiger partial charge in [0.15, 0.2) is 0 Å². The molecule has 4 rings (SSSR count). The SMILES string of the molecule is O=C(CN1CCN(Cc2cn3cc(Cl)ccc3n2)CC1)N1CCCCC1. The number of likely N-dealkylation sites (tertiary alicyclic amines) is 1. The van der Waals surface area contributed by atoms with Gasteiger partial charge in [0, 0.05) is 58.2 Å². The molecule has 7 heteroatoms. The quantitative estimate of drug-likeness (QED) is 0.821. The highest BCUT2D eigenvalue weighted by molar-refractivity contribution is 6.30. The van der Waals surface area contributed by atoms with E-state index in [1.807, 2.05) is 33.8 Å². The average molecular weight is 376 g/mol. The van der Waals surface area contributed by atoms with Gasteiger partial charge in [-0.15, -0.1) is 0 Å². The molecule has 2 aromatic rings. The third-order valence-electron chi connectivity index (χ3n) is 5.38. The van der Waals surface area contributed by atoms with E-state index >= 15 is 0 Å². The molecule has 26 heavy (non-hydrogen) atoms. The Morgan fingerprint density at radius 2 is 1.69 bits per heavy atom. The van der Waals surface area contributed by atoms with Crippen LogP contribution in [-0.4, -0.2) is 75.8 Å². The minimum absolute atomic E-state index is 0.301. The van der Waals surface area contributed by atoms with Crippen molar-refractivity contribution in [3.05, 3.63) is 35.2 Å². The first-order chi connectivity index (χ1) is 12.7. The number of nitrogens with zero attached hydrogens (tertiary/aromatic N) is 5. The van der Waals surface area contributed by atoms with Gasteiger partial charge >= 0.3 is 0 Å². The van der Waals surface area contributed by atoms with E-state index in [9.17, 15) is 4.79 Å². The Kier molecular flexibility index (Phi) is 5.43. The van der Waals surface area contributed by atoms with Crippen molar-refractivity contribution in [2.24, 2.45) is 0 Å². The van der Waals surface area contributed by atoms with Crippen molar-refractivity contribution in [3.8, 4) is 0 Å². The lowest BCUT2D eigenvalue weighted by molar-refractivity contribution is -0.133. The van der Waals surface area contributed by atoms with Crippen molar-refractivity contribution >= 4 is 23.2 Å². The van der Waals surface area contributed by atoms with Crippen LogP contribution in [-0.2, 0) is 11.3 Å². The molecule has 1 amide bonds. The highest BCUT2D eigenvalue weighted by Gasteiger charge is 2.23. The fourth-order valence-electron chi connectivity index (χ4n) is 3.86. The first kappa shape index (κ1) is 17.8. The molecule has 0 radical (unpaired) electrons. The maximum atomic E-state index is 12.4. The number of pyridine rings is 1. The van der Waals surface area contributed by atoms with Gasteiger partial charge in [-0.1, -0.05) is 11.6 Å².